The monoisotopic (exact) mass is 576 g/mol. The molecule has 42 heavy (non-hydrogen) atoms. The van der Waals surface area contributed by atoms with Gasteiger partial charge in [0.15, 0.2) is 5.82 Å². The van der Waals surface area contributed by atoms with Gasteiger partial charge in [0.1, 0.15) is 18.1 Å². The molecule has 2 amide bonds. The van der Waals surface area contributed by atoms with E-state index in [1.165, 1.54) is 6.92 Å². The van der Waals surface area contributed by atoms with Crippen LogP contribution in [-0.2, 0) is 28.7 Å². The smallest absolute Gasteiger partial charge is 0.334 e. The SMILES string of the molecule is CC(=O)N1CC([n+]2cc(C(F)(F)F)[nH]c2-c2ccc(CN3C(=O)Cc4cnc(-c5cccnc5C(C)C)nc43)cc2)C1. The molecule has 4 aromatic rings. The lowest BCUT2D eigenvalue weighted by Gasteiger charge is -2.36. The van der Waals surface area contributed by atoms with Crippen LogP contribution in [0, 0.1) is 0 Å². The van der Waals surface area contributed by atoms with Crippen molar-refractivity contribution in [2.45, 2.75) is 51.9 Å². The summed E-state index contributed by atoms with van der Waals surface area (Å²) >= 11 is 0. The second-order valence-electron chi connectivity index (χ2n) is 11.0. The number of aromatic amines is 1. The molecule has 9 nitrogen and oxygen atoms in total. The van der Waals surface area contributed by atoms with Crippen LogP contribution in [0.5, 0.6) is 0 Å². The molecular formula is C30H29F3N7O2+. The Kier molecular flexibility index (Phi) is 6.78. The number of anilines is 1. The van der Waals surface area contributed by atoms with Crippen molar-refractivity contribution in [1.29, 1.82) is 0 Å². The zero-order valence-electron chi connectivity index (χ0n) is 23.3. The number of amides is 2. The molecule has 1 aromatic carbocycles. The maximum atomic E-state index is 13.6. The first-order valence-corrected chi connectivity index (χ1v) is 13.7. The number of alkyl halides is 3. The molecule has 3 aromatic heterocycles. The molecule has 1 saturated heterocycles. The maximum Gasteiger partial charge on any atom is 0.457 e. The van der Waals surface area contributed by atoms with Crippen LogP contribution in [0.15, 0.2) is 55.0 Å². The third-order valence-electron chi connectivity index (χ3n) is 7.72. The van der Waals surface area contributed by atoms with E-state index in [2.05, 4.69) is 15.0 Å². The highest BCUT2D eigenvalue weighted by atomic mass is 19.4. The lowest BCUT2D eigenvalue weighted by atomic mass is 10.0. The van der Waals surface area contributed by atoms with Crippen molar-refractivity contribution in [3.05, 3.63) is 77.5 Å². The van der Waals surface area contributed by atoms with E-state index in [-0.39, 0.29) is 36.7 Å². The van der Waals surface area contributed by atoms with Crippen LogP contribution in [0.25, 0.3) is 22.8 Å². The number of rotatable bonds is 6. The summed E-state index contributed by atoms with van der Waals surface area (Å²) in [5.41, 5.74) is 2.93. The summed E-state index contributed by atoms with van der Waals surface area (Å²) in [4.78, 5) is 44.1. The summed E-state index contributed by atoms with van der Waals surface area (Å²) in [5.74, 6) is 1.30. The fraction of sp³-hybridized carbons (Fsp3) is 0.333. The number of carbonyl (C=O) groups is 2. The predicted octanol–water partition coefficient (Wildman–Crippen LogP) is 4.46. The number of pyridine rings is 1. The normalized spacial score (nSPS) is 15.4. The van der Waals surface area contributed by atoms with Crippen molar-refractivity contribution in [3.63, 3.8) is 0 Å². The highest BCUT2D eigenvalue weighted by Gasteiger charge is 2.43. The van der Waals surface area contributed by atoms with Crippen molar-refractivity contribution in [2.75, 3.05) is 18.0 Å². The Morgan fingerprint density at radius 2 is 1.88 bits per heavy atom. The van der Waals surface area contributed by atoms with Crippen LogP contribution < -0.4 is 9.47 Å². The van der Waals surface area contributed by atoms with Gasteiger partial charge in [-0.25, -0.2) is 19.5 Å². The van der Waals surface area contributed by atoms with Crippen LogP contribution in [0.3, 0.4) is 0 Å². The number of benzene rings is 1. The van der Waals surface area contributed by atoms with Crippen molar-refractivity contribution in [1.82, 2.24) is 24.8 Å². The van der Waals surface area contributed by atoms with Gasteiger partial charge in [0, 0.05) is 30.4 Å². The van der Waals surface area contributed by atoms with E-state index in [9.17, 15) is 22.8 Å². The molecule has 5 heterocycles. The molecule has 0 bridgehead atoms. The lowest BCUT2D eigenvalue weighted by Crippen LogP contribution is -2.60. The average molecular weight is 577 g/mol. The quantitative estimate of drug-likeness (QED) is 0.342. The number of aromatic nitrogens is 5. The third kappa shape index (κ3) is 5.01. The number of fused-ring (bicyclic) bond motifs is 1. The summed E-state index contributed by atoms with van der Waals surface area (Å²) in [5, 5.41) is 0. The Morgan fingerprint density at radius 3 is 2.55 bits per heavy atom. The number of carbonyl (C=O) groups excluding carboxylic acids is 2. The first-order valence-electron chi connectivity index (χ1n) is 13.7. The zero-order chi connectivity index (χ0) is 29.8. The predicted molar refractivity (Wildman–Crippen MR) is 147 cm³/mol. The summed E-state index contributed by atoms with van der Waals surface area (Å²) < 4.78 is 42.3. The van der Waals surface area contributed by atoms with Crippen molar-refractivity contribution >= 4 is 17.6 Å². The van der Waals surface area contributed by atoms with Gasteiger partial charge in [-0.3, -0.25) is 19.5 Å². The van der Waals surface area contributed by atoms with Gasteiger partial charge in [-0.05, 0) is 35.7 Å². The first-order chi connectivity index (χ1) is 20.0. The molecule has 216 valence electrons. The number of nitrogens with zero attached hydrogens (tertiary/aromatic N) is 6. The Morgan fingerprint density at radius 1 is 1.14 bits per heavy atom. The fourth-order valence-corrected chi connectivity index (χ4v) is 5.41. The Labute approximate surface area is 240 Å². The molecule has 6 rings (SSSR count). The minimum absolute atomic E-state index is 0.104. The third-order valence-corrected chi connectivity index (χ3v) is 7.72. The van der Waals surface area contributed by atoms with Crippen molar-refractivity contribution in [2.24, 2.45) is 0 Å². The number of hydrogen-bond acceptors (Lipinski definition) is 5. The number of likely N-dealkylation sites (tertiary alicyclic amines) is 1. The lowest BCUT2D eigenvalue weighted by molar-refractivity contribution is -0.721. The number of H-pyrrole nitrogens is 1. The average Bonchev–Trinajstić information content (AvgIpc) is 3.49. The van der Waals surface area contributed by atoms with Crippen LogP contribution in [0.2, 0.25) is 0 Å². The zero-order valence-corrected chi connectivity index (χ0v) is 23.3. The second-order valence-corrected chi connectivity index (χ2v) is 11.0. The van der Waals surface area contributed by atoms with Gasteiger partial charge in [-0.1, -0.05) is 26.0 Å². The van der Waals surface area contributed by atoms with E-state index in [1.807, 2.05) is 26.0 Å². The van der Waals surface area contributed by atoms with Crippen LogP contribution in [-0.4, -0.2) is 49.7 Å². The Balaban J connectivity index is 1.27. The number of nitrogens with one attached hydrogen (secondary N) is 1. The molecule has 2 aliphatic heterocycles. The molecule has 0 radical (unpaired) electrons. The summed E-state index contributed by atoms with van der Waals surface area (Å²) in [6, 6.07) is 10.5. The number of imidazole rings is 1. The van der Waals surface area contributed by atoms with E-state index in [0.29, 0.717) is 36.1 Å². The largest absolute Gasteiger partial charge is 0.457 e. The molecule has 1 fully saturated rings. The molecule has 2 aliphatic rings. The molecular weight excluding hydrogens is 547 g/mol. The minimum Gasteiger partial charge on any atom is -0.334 e. The number of halogens is 3. The second kappa shape index (κ2) is 10.3. The number of hydrogen-bond donors (Lipinski definition) is 1. The standard InChI is InChI=1S/C30H28F3N7O2/c1-17(2)26-23(5-4-10-34-26)27-35-12-21-11-25(42)40(29(21)37-27)13-19-6-8-20(9-7-19)28-36-24(30(31,32)33)16-39(28)22-14-38(15-22)18(3)41/h4-10,12,16-17,22H,11,13-15H2,1-3H3/p+1. The molecule has 12 heteroatoms. The highest BCUT2D eigenvalue weighted by molar-refractivity contribution is 6.00. The van der Waals surface area contributed by atoms with Gasteiger partial charge in [0.25, 0.3) is 5.82 Å². The molecule has 0 atom stereocenters. The fourth-order valence-electron chi connectivity index (χ4n) is 5.41. The maximum absolute atomic E-state index is 13.6. The van der Waals surface area contributed by atoms with Gasteiger partial charge in [0.2, 0.25) is 17.5 Å². The van der Waals surface area contributed by atoms with Crippen molar-refractivity contribution in [3.8, 4) is 22.8 Å². The Hall–Kier alpha value is -4.61. The molecule has 1 N–H and O–H groups in total. The summed E-state index contributed by atoms with van der Waals surface area (Å²) in [6.45, 7) is 6.48. The van der Waals surface area contributed by atoms with Gasteiger partial charge in [-0.15, -0.1) is 0 Å². The Bertz CT molecular complexity index is 1680. The van der Waals surface area contributed by atoms with Crippen LogP contribution in [0.1, 0.15) is 55.2 Å². The summed E-state index contributed by atoms with van der Waals surface area (Å²) in [7, 11) is 0. The molecule has 0 saturated carbocycles. The van der Waals surface area contributed by atoms with E-state index in [4.69, 9.17) is 4.98 Å². The van der Waals surface area contributed by atoms with E-state index < -0.39 is 11.9 Å². The van der Waals surface area contributed by atoms with Gasteiger partial charge >= 0.3 is 6.18 Å². The van der Waals surface area contributed by atoms with Crippen LogP contribution >= 0.6 is 0 Å². The van der Waals surface area contributed by atoms with E-state index in [1.54, 1.807) is 51.0 Å². The highest BCUT2D eigenvalue weighted by Crippen LogP contribution is 2.33. The van der Waals surface area contributed by atoms with Crippen LogP contribution in [0.4, 0.5) is 19.0 Å². The molecule has 0 aliphatic carbocycles. The van der Waals surface area contributed by atoms with Gasteiger partial charge in [0.05, 0.1) is 37.3 Å². The topological polar surface area (TPSA) is 99.0 Å². The van der Waals surface area contributed by atoms with Crippen molar-refractivity contribution < 1.29 is 27.3 Å². The van der Waals surface area contributed by atoms with Gasteiger partial charge in [-0.2, -0.15) is 13.2 Å². The summed E-state index contributed by atoms with van der Waals surface area (Å²) in [6.07, 6.45) is 0.136. The molecule has 0 spiro atoms. The first kappa shape index (κ1) is 27.6. The van der Waals surface area contributed by atoms with E-state index >= 15 is 0 Å². The molecule has 0 unspecified atom stereocenters. The van der Waals surface area contributed by atoms with E-state index in [0.717, 1.165) is 28.6 Å². The van der Waals surface area contributed by atoms with Gasteiger partial charge < -0.3 is 4.90 Å². The minimum atomic E-state index is -4.54.